The summed E-state index contributed by atoms with van der Waals surface area (Å²) < 4.78 is 0. The minimum Gasteiger partial charge on any atom is -0.0849 e. The lowest BCUT2D eigenvalue weighted by Gasteiger charge is -2.01. The van der Waals surface area contributed by atoms with Gasteiger partial charge in [0, 0.05) is 4.86 Å². The van der Waals surface area contributed by atoms with E-state index in [2.05, 4.69) is 37.3 Å². The van der Waals surface area contributed by atoms with E-state index in [1.54, 1.807) is 0 Å². The first kappa shape index (κ1) is 8.64. The Kier molecular flexibility index (Phi) is 2.28. The summed E-state index contributed by atoms with van der Waals surface area (Å²) in [6.07, 6.45) is 4.31. The molecule has 0 fully saturated rings. The number of aryl methyl sites for hydroxylation is 1. The van der Waals surface area contributed by atoms with E-state index >= 15 is 0 Å². The van der Waals surface area contributed by atoms with Crippen molar-refractivity contribution < 1.29 is 0 Å². The first-order chi connectivity index (χ1) is 6.25. The molecule has 0 spiro atoms. The van der Waals surface area contributed by atoms with Crippen LogP contribution in [0.25, 0.3) is 5.57 Å². The summed E-state index contributed by atoms with van der Waals surface area (Å²) in [6.45, 7) is 2.11. The van der Waals surface area contributed by atoms with Crippen LogP contribution in [0.5, 0.6) is 0 Å². The molecular weight excluding hydrogens is 176 g/mol. The van der Waals surface area contributed by atoms with Gasteiger partial charge >= 0.3 is 0 Å². The molecule has 0 heterocycles. The number of hydrogen-bond acceptors (Lipinski definition) is 1. The topological polar surface area (TPSA) is 0 Å². The minimum atomic E-state index is 1.05. The van der Waals surface area contributed by atoms with Gasteiger partial charge in [0.15, 0.2) is 0 Å². The van der Waals surface area contributed by atoms with Crippen LogP contribution in [0.2, 0.25) is 0 Å². The van der Waals surface area contributed by atoms with Crippen LogP contribution in [-0.4, -0.2) is 4.86 Å². The van der Waals surface area contributed by atoms with E-state index in [4.69, 9.17) is 12.2 Å². The van der Waals surface area contributed by atoms with Crippen molar-refractivity contribution >= 4 is 22.7 Å². The number of hydrogen-bond donors (Lipinski definition) is 0. The van der Waals surface area contributed by atoms with E-state index in [0.29, 0.717) is 0 Å². The van der Waals surface area contributed by atoms with Gasteiger partial charge in [-0.1, -0.05) is 42.0 Å². The molecule has 0 saturated carbocycles. The van der Waals surface area contributed by atoms with Crippen molar-refractivity contribution in [1.29, 1.82) is 0 Å². The summed E-state index contributed by atoms with van der Waals surface area (Å²) in [6, 6.07) is 8.65. The Morgan fingerprint density at radius 3 is 2.31 bits per heavy atom. The summed E-state index contributed by atoms with van der Waals surface area (Å²) in [4.78, 5) is 1.09. The van der Waals surface area contributed by atoms with E-state index in [0.717, 1.165) is 17.7 Å². The Hall–Kier alpha value is -0.950. The Labute approximate surface area is 84.3 Å². The zero-order valence-corrected chi connectivity index (χ0v) is 8.53. The van der Waals surface area contributed by atoms with Gasteiger partial charge < -0.3 is 0 Å². The fourth-order valence-electron chi connectivity index (χ4n) is 1.59. The fourth-order valence-corrected chi connectivity index (χ4v) is 1.84. The Morgan fingerprint density at radius 2 is 1.77 bits per heavy atom. The molecule has 2 rings (SSSR count). The maximum Gasteiger partial charge on any atom is 0.0158 e. The molecule has 1 aromatic carbocycles. The van der Waals surface area contributed by atoms with Gasteiger partial charge in [0.25, 0.3) is 0 Å². The molecule has 0 bridgehead atoms. The number of benzene rings is 1. The van der Waals surface area contributed by atoms with Crippen molar-refractivity contribution in [3.8, 4) is 0 Å². The third kappa shape index (κ3) is 1.86. The van der Waals surface area contributed by atoms with Crippen molar-refractivity contribution in [3.63, 3.8) is 0 Å². The molecule has 1 aliphatic carbocycles. The highest BCUT2D eigenvalue weighted by Crippen LogP contribution is 2.26. The van der Waals surface area contributed by atoms with Crippen LogP contribution in [0, 0.1) is 6.92 Å². The number of allylic oxidation sites excluding steroid dienone is 2. The van der Waals surface area contributed by atoms with Crippen LogP contribution in [0.15, 0.2) is 30.3 Å². The number of thiocarbonyl (C=S) groups is 1. The smallest absolute Gasteiger partial charge is 0.0158 e. The minimum absolute atomic E-state index is 1.05. The molecule has 0 amide bonds. The second-order valence-corrected chi connectivity index (χ2v) is 4.03. The molecule has 66 valence electrons. The highest BCUT2D eigenvalue weighted by atomic mass is 32.1. The second-order valence-electron chi connectivity index (χ2n) is 3.50. The van der Waals surface area contributed by atoms with E-state index in [1.165, 1.54) is 16.7 Å². The average molecular weight is 188 g/mol. The van der Waals surface area contributed by atoms with Crippen molar-refractivity contribution in [2.24, 2.45) is 0 Å². The van der Waals surface area contributed by atoms with Gasteiger partial charge in [0.2, 0.25) is 0 Å². The SMILES string of the molecule is Cc1ccc(C2=CC(=S)CC2)cc1. The molecule has 0 nitrogen and oxygen atoms in total. The van der Waals surface area contributed by atoms with Crippen LogP contribution in [0.3, 0.4) is 0 Å². The van der Waals surface area contributed by atoms with Gasteiger partial charge in [-0.05, 0) is 37.0 Å². The molecule has 0 aliphatic heterocycles. The van der Waals surface area contributed by atoms with Crippen LogP contribution in [0.1, 0.15) is 24.0 Å². The van der Waals surface area contributed by atoms with Gasteiger partial charge in [-0.2, -0.15) is 0 Å². The number of rotatable bonds is 1. The highest BCUT2D eigenvalue weighted by Gasteiger charge is 2.09. The summed E-state index contributed by atoms with van der Waals surface area (Å²) in [5.74, 6) is 0. The lowest BCUT2D eigenvalue weighted by atomic mass is 10.0. The lowest BCUT2D eigenvalue weighted by Crippen LogP contribution is -1.80. The van der Waals surface area contributed by atoms with Gasteiger partial charge in [-0.25, -0.2) is 0 Å². The van der Waals surface area contributed by atoms with E-state index < -0.39 is 0 Å². The molecule has 0 radical (unpaired) electrons. The van der Waals surface area contributed by atoms with Crippen molar-refractivity contribution in [3.05, 3.63) is 41.5 Å². The molecule has 0 N–H and O–H groups in total. The highest BCUT2D eigenvalue weighted by molar-refractivity contribution is 7.80. The largest absolute Gasteiger partial charge is 0.0849 e. The molecule has 0 atom stereocenters. The zero-order chi connectivity index (χ0) is 9.26. The Balaban J connectivity index is 2.31. The standard InChI is InChI=1S/C12H12S/c1-9-2-4-10(5-3-9)11-6-7-12(13)8-11/h2-5,8H,6-7H2,1H3. The van der Waals surface area contributed by atoms with Gasteiger partial charge in [-0.3, -0.25) is 0 Å². The molecular formula is C12H12S. The molecule has 1 heteroatoms. The summed E-state index contributed by atoms with van der Waals surface area (Å²) >= 11 is 5.15. The van der Waals surface area contributed by atoms with Crippen molar-refractivity contribution in [2.75, 3.05) is 0 Å². The quantitative estimate of drug-likeness (QED) is 0.607. The van der Waals surface area contributed by atoms with Crippen LogP contribution in [-0.2, 0) is 0 Å². The monoisotopic (exact) mass is 188 g/mol. The molecule has 1 aliphatic rings. The Morgan fingerprint density at radius 1 is 1.08 bits per heavy atom. The van der Waals surface area contributed by atoms with Crippen LogP contribution >= 0.6 is 12.2 Å². The Bertz CT molecular complexity index is 357. The third-order valence-electron chi connectivity index (χ3n) is 2.40. The first-order valence-electron chi connectivity index (χ1n) is 4.56. The summed E-state index contributed by atoms with van der Waals surface area (Å²) in [5.41, 5.74) is 4.03. The van der Waals surface area contributed by atoms with Crippen LogP contribution in [0.4, 0.5) is 0 Å². The summed E-state index contributed by atoms with van der Waals surface area (Å²) in [7, 11) is 0. The van der Waals surface area contributed by atoms with E-state index in [9.17, 15) is 0 Å². The zero-order valence-electron chi connectivity index (χ0n) is 7.71. The maximum absolute atomic E-state index is 5.15. The second kappa shape index (κ2) is 3.43. The third-order valence-corrected chi connectivity index (χ3v) is 2.72. The van der Waals surface area contributed by atoms with E-state index in [-0.39, 0.29) is 0 Å². The molecule has 1 aromatic rings. The van der Waals surface area contributed by atoms with E-state index in [1.807, 2.05) is 0 Å². The summed E-state index contributed by atoms with van der Waals surface area (Å²) in [5, 5.41) is 0. The molecule has 0 aromatic heterocycles. The lowest BCUT2D eigenvalue weighted by molar-refractivity contribution is 1.17. The molecule has 0 saturated heterocycles. The maximum atomic E-state index is 5.15. The average Bonchev–Trinajstić information content (AvgIpc) is 2.53. The predicted octanol–water partition coefficient (Wildman–Crippen LogP) is 3.54. The first-order valence-corrected chi connectivity index (χ1v) is 4.97. The van der Waals surface area contributed by atoms with Gasteiger partial charge in [-0.15, -0.1) is 0 Å². The fraction of sp³-hybridized carbons (Fsp3) is 0.250. The molecule has 13 heavy (non-hydrogen) atoms. The van der Waals surface area contributed by atoms with Gasteiger partial charge in [0.1, 0.15) is 0 Å². The van der Waals surface area contributed by atoms with Crippen molar-refractivity contribution in [1.82, 2.24) is 0 Å². The van der Waals surface area contributed by atoms with Gasteiger partial charge in [0.05, 0.1) is 0 Å². The van der Waals surface area contributed by atoms with Crippen molar-refractivity contribution in [2.45, 2.75) is 19.8 Å². The normalized spacial score (nSPS) is 16.1. The predicted molar refractivity (Wildman–Crippen MR) is 61.0 cm³/mol. The molecule has 0 unspecified atom stereocenters. The van der Waals surface area contributed by atoms with Crippen LogP contribution < -0.4 is 0 Å².